The van der Waals surface area contributed by atoms with Crippen molar-refractivity contribution < 1.29 is 14.2 Å². The molecule has 0 aromatic heterocycles. The van der Waals surface area contributed by atoms with Gasteiger partial charge in [-0.3, -0.25) is 5.32 Å². The number of quaternary nitrogens is 1. The maximum Gasteiger partial charge on any atom is 0.339 e. The van der Waals surface area contributed by atoms with Gasteiger partial charge in [0.15, 0.2) is 0 Å². The Morgan fingerprint density at radius 2 is 2.43 bits per heavy atom. The highest BCUT2D eigenvalue weighted by molar-refractivity contribution is 5.87. The van der Waals surface area contributed by atoms with E-state index in [9.17, 15) is 10.0 Å². The molecule has 1 unspecified atom stereocenters. The lowest BCUT2D eigenvalue weighted by Gasteiger charge is -2.33. The number of nitrogens with one attached hydrogen (secondary N) is 1. The van der Waals surface area contributed by atoms with Crippen LogP contribution in [0.25, 0.3) is 0 Å². The summed E-state index contributed by atoms with van der Waals surface area (Å²) in [6, 6.07) is 0. The fourth-order valence-electron chi connectivity index (χ4n) is 1.38. The third kappa shape index (κ3) is 2.80. The molecule has 0 radical (unpaired) electrons. The number of hydroxylamine groups is 3. The van der Waals surface area contributed by atoms with Crippen LogP contribution in [-0.2, 0) is 9.53 Å². The quantitative estimate of drug-likeness (QED) is 0.308. The van der Waals surface area contributed by atoms with Gasteiger partial charge in [0.2, 0.25) is 0 Å². The summed E-state index contributed by atoms with van der Waals surface area (Å²) >= 11 is 0. The van der Waals surface area contributed by atoms with Crippen molar-refractivity contribution in [3.8, 4) is 0 Å². The second-order valence-corrected chi connectivity index (χ2v) is 3.37. The first-order valence-electron chi connectivity index (χ1n) is 4.72. The first-order valence-corrected chi connectivity index (χ1v) is 4.72. The molecule has 5 nitrogen and oxygen atoms in total. The van der Waals surface area contributed by atoms with Crippen LogP contribution in [-0.4, -0.2) is 37.0 Å². The Hall–Kier alpha value is -0.910. The van der Waals surface area contributed by atoms with E-state index in [1.165, 1.54) is 6.20 Å². The van der Waals surface area contributed by atoms with Gasteiger partial charge in [-0.1, -0.05) is 0 Å². The SMILES string of the molecule is CCOC(=O)C(C)=C[N+]1([O-])CCNC1. The van der Waals surface area contributed by atoms with Crippen molar-refractivity contribution in [1.29, 1.82) is 0 Å². The van der Waals surface area contributed by atoms with E-state index in [0.717, 1.165) is 0 Å². The Bertz CT molecular complexity index is 244. The van der Waals surface area contributed by atoms with Crippen molar-refractivity contribution in [1.82, 2.24) is 5.32 Å². The van der Waals surface area contributed by atoms with Crippen LogP contribution in [0.2, 0.25) is 0 Å². The lowest BCUT2D eigenvalue weighted by atomic mass is 10.3. The van der Waals surface area contributed by atoms with Gasteiger partial charge < -0.3 is 14.6 Å². The predicted octanol–water partition coefficient (Wildman–Crippen LogP) is 0.329. The van der Waals surface area contributed by atoms with Crippen LogP contribution in [0.1, 0.15) is 13.8 Å². The van der Waals surface area contributed by atoms with Gasteiger partial charge in [-0.25, -0.2) is 4.79 Å². The summed E-state index contributed by atoms with van der Waals surface area (Å²) in [5.41, 5.74) is 0.380. The van der Waals surface area contributed by atoms with Gasteiger partial charge in [0, 0.05) is 0 Å². The highest BCUT2D eigenvalue weighted by Crippen LogP contribution is 2.11. The summed E-state index contributed by atoms with van der Waals surface area (Å²) in [5.74, 6) is -0.409. The van der Waals surface area contributed by atoms with Crippen LogP contribution >= 0.6 is 0 Å². The molecule has 1 aliphatic heterocycles. The summed E-state index contributed by atoms with van der Waals surface area (Å²) in [6.07, 6.45) is 1.41. The van der Waals surface area contributed by atoms with E-state index >= 15 is 0 Å². The number of carbonyl (C=O) groups excluding carboxylic acids is 1. The zero-order valence-electron chi connectivity index (χ0n) is 8.58. The Morgan fingerprint density at radius 1 is 1.71 bits per heavy atom. The van der Waals surface area contributed by atoms with Gasteiger partial charge in [0.1, 0.15) is 12.9 Å². The van der Waals surface area contributed by atoms with Gasteiger partial charge in [-0.05, 0) is 13.8 Å². The maximum atomic E-state index is 11.8. The van der Waals surface area contributed by atoms with Gasteiger partial charge in [-0.15, -0.1) is 0 Å². The molecule has 1 saturated heterocycles. The average Bonchev–Trinajstić information content (AvgIpc) is 2.52. The molecule has 1 fully saturated rings. The molecule has 1 rings (SSSR count). The summed E-state index contributed by atoms with van der Waals surface area (Å²) < 4.78 is 4.30. The Kier molecular flexibility index (Phi) is 3.62. The highest BCUT2D eigenvalue weighted by atomic mass is 16.6. The minimum absolute atomic E-state index is 0.330. The molecule has 80 valence electrons. The fraction of sp³-hybridized carbons (Fsp3) is 0.667. The van der Waals surface area contributed by atoms with E-state index in [0.29, 0.717) is 31.9 Å². The fourth-order valence-corrected chi connectivity index (χ4v) is 1.38. The average molecular weight is 200 g/mol. The molecule has 0 bridgehead atoms. The summed E-state index contributed by atoms with van der Waals surface area (Å²) in [6.45, 7) is 5.17. The van der Waals surface area contributed by atoms with E-state index in [1.807, 2.05) is 0 Å². The van der Waals surface area contributed by atoms with Crippen molar-refractivity contribution in [2.75, 3.05) is 26.4 Å². The van der Waals surface area contributed by atoms with Crippen LogP contribution in [0.15, 0.2) is 11.8 Å². The predicted molar refractivity (Wildman–Crippen MR) is 51.8 cm³/mol. The Morgan fingerprint density at radius 3 is 2.93 bits per heavy atom. The van der Waals surface area contributed by atoms with Crippen LogP contribution < -0.4 is 5.32 Å². The molecule has 14 heavy (non-hydrogen) atoms. The zero-order valence-corrected chi connectivity index (χ0v) is 8.58. The van der Waals surface area contributed by atoms with E-state index in [1.54, 1.807) is 13.8 Å². The first kappa shape index (κ1) is 11.2. The molecule has 0 spiro atoms. The minimum Gasteiger partial charge on any atom is -0.627 e. The summed E-state index contributed by atoms with van der Waals surface area (Å²) in [4.78, 5) is 11.2. The number of nitrogens with zero attached hydrogens (tertiary/aromatic N) is 1. The number of rotatable bonds is 3. The molecule has 0 aliphatic carbocycles. The molecule has 1 N–H and O–H groups in total. The second kappa shape index (κ2) is 4.54. The van der Waals surface area contributed by atoms with E-state index in [4.69, 9.17) is 4.74 Å². The number of hydrogen-bond acceptors (Lipinski definition) is 4. The molecule has 0 aromatic carbocycles. The number of hydrogen-bond donors (Lipinski definition) is 1. The van der Waals surface area contributed by atoms with Crippen molar-refractivity contribution in [3.63, 3.8) is 0 Å². The summed E-state index contributed by atoms with van der Waals surface area (Å²) in [5, 5.41) is 14.8. The first-order chi connectivity index (χ1) is 6.57. The molecule has 0 saturated carbocycles. The van der Waals surface area contributed by atoms with Gasteiger partial charge in [0.05, 0.1) is 25.3 Å². The van der Waals surface area contributed by atoms with Crippen LogP contribution in [0, 0.1) is 5.21 Å². The lowest BCUT2D eigenvalue weighted by Crippen LogP contribution is -2.35. The standard InChI is InChI=1S/C9H16N2O3/c1-3-14-9(12)8(2)6-11(13)5-4-10-7-11/h6,10H,3-5,7H2,1-2H3. The molecule has 1 aliphatic rings. The van der Waals surface area contributed by atoms with E-state index < -0.39 is 10.6 Å². The third-order valence-electron chi connectivity index (χ3n) is 2.07. The number of ether oxygens (including phenoxy) is 1. The van der Waals surface area contributed by atoms with E-state index in [2.05, 4.69) is 5.32 Å². The Balaban J connectivity index is 2.61. The molecule has 5 heteroatoms. The van der Waals surface area contributed by atoms with E-state index in [-0.39, 0.29) is 0 Å². The third-order valence-corrected chi connectivity index (χ3v) is 2.07. The van der Waals surface area contributed by atoms with Gasteiger partial charge in [0.25, 0.3) is 0 Å². The van der Waals surface area contributed by atoms with Crippen molar-refractivity contribution in [3.05, 3.63) is 17.0 Å². The molecular formula is C9H16N2O3. The van der Waals surface area contributed by atoms with Crippen molar-refractivity contribution in [2.24, 2.45) is 0 Å². The topological polar surface area (TPSA) is 61.4 Å². The Labute approximate surface area is 83.5 Å². The zero-order chi connectivity index (χ0) is 10.6. The monoisotopic (exact) mass is 200 g/mol. The van der Waals surface area contributed by atoms with Crippen molar-refractivity contribution >= 4 is 5.97 Å². The number of carbonyl (C=O) groups is 1. The van der Waals surface area contributed by atoms with Crippen LogP contribution in [0.3, 0.4) is 0 Å². The van der Waals surface area contributed by atoms with Gasteiger partial charge >= 0.3 is 5.97 Å². The summed E-state index contributed by atoms with van der Waals surface area (Å²) in [7, 11) is 0. The van der Waals surface area contributed by atoms with Crippen molar-refractivity contribution in [2.45, 2.75) is 13.8 Å². The normalized spacial score (nSPS) is 27.8. The smallest absolute Gasteiger partial charge is 0.339 e. The highest BCUT2D eigenvalue weighted by Gasteiger charge is 2.22. The molecule has 1 heterocycles. The molecular weight excluding hydrogens is 184 g/mol. The van der Waals surface area contributed by atoms with Crippen LogP contribution in [0.5, 0.6) is 0 Å². The minimum atomic E-state index is -0.482. The molecule has 0 amide bonds. The second-order valence-electron chi connectivity index (χ2n) is 3.37. The largest absolute Gasteiger partial charge is 0.627 e. The van der Waals surface area contributed by atoms with Gasteiger partial charge in [-0.2, -0.15) is 0 Å². The maximum absolute atomic E-state index is 11.8. The molecule has 0 aromatic rings. The molecule has 1 atom stereocenters. The van der Waals surface area contributed by atoms with Crippen LogP contribution in [0.4, 0.5) is 0 Å². The number of esters is 1. The lowest BCUT2D eigenvalue weighted by molar-refractivity contribution is -0.816.